The van der Waals surface area contributed by atoms with Crippen LogP contribution in [0.15, 0.2) is 53.5 Å². The number of anilines is 1. The number of nitrogens with one attached hydrogen (secondary N) is 1. The molecule has 0 saturated heterocycles. The third-order valence-corrected chi connectivity index (χ3v) is 5.35. The minimum atomic E-state index is -0.629. The molecule has 0 aliphatic heterocycles. The standard InChI is InChI=1S/C22H19N5O4/c23-12-18-17-8-4-5-9-19(17)26(15-6-2-1-3-7-15)22(18)24-20(28)14-25-13-16(27(30)31)10-11-21(25)29/h1-3,6-7,10-11,13H,4-5,8-9,14H2,(H,24,28). The van der Waals surface area contributed by atoms with E-state index in [0.29, 0.717) is 11.4 Å². The zero-order valence-corrected chi connectivity index (χ0v) is 16.6. The largest absolute Gasteiger partial charge is 0.309 e. The number of aromatic nitrogens is 2. The fourth-order valence-electron chi connectivity index (χ4n) is 3.97. The lowest BCUT2D eigenvalue weighted by molar-refractivity contribution is -0.385. The van der Waals surface area contributed by atoms with Gasteiger partial charge in [-0.25, -0.2) is 0 Å². The Morgan fingerprint density at radius 3 is 2.61 bits per heavy atom. The molecular formula is C22H19N5O4. The van der Waals surface area contributed by atoms with E-state index in [4.69, 9.17) is 0 Å². The Hall–Kier alpha value is -4.19. The van der Waals surface area contributed by atoms with Gasteiger partial charge in [0, 0.05) is 23.5 Å². The first-order valence-corrected chi connectivity index (χ1v) is 9.86. The van der Waals surface area contributed by atoms with Crippen LogP contribution in [0.5, 0.6) is 0 Å². The number of nitro groups is 1. The van der Waals surface area contributed by atoms with Gasteiger partial charge in [-0.15, -0.1) is 0 Å². The van der Waals surface area contributed by atoms with Crippen LogP contribution >= 0.6 is 0 Å². The third kappa shape index (κ3) is 3.83. The number of nitriles is 1. The quantitative estimate of drug-likeness (QED) is 0.505. The fraction of sp³-hybridized carbons (Fsp3) is 0.227. The number of pyridine rings is 1. The summed E-state index contributed by atoms with van der Waals surface area (Å²) in [5.41, 5.74) is 2.35. The monoisotopic (exact) mass is 417 g/mol. The molecule has 4 rings (SSSR count). The number of rotatable bonds is 5. The fourth-order valence-corrected chi connectivity index (χ4v) is 3.97. The molecule has 2 aromatic heterocycles. The van der Waals surface area contributed by atoms with Gasteiger partial charge < -0.3 is 5.32 Å². The van der Waals surface area contributed by atoms with Crippen molar-refractivity contribution in [1.29, 1.82) is 5.26 Å². The molecule has 31 heavy (non-hydrogen) atoms. The van der Waals surface area contributed by atoms with Crippen LogP contribution in [-0.4, -0.2) is 20.0 Å². The van der Waals surface area contributed by atoms with E-state index in [-0.39, 0.29) is 5.69 Å². The van der Waals surface area contributed by atoms with Crippen LogP contribution in [0.2, 0.25) is 0 Å². The Kier molecular flexibility index (Phi) is 5.37. The molecule has 0 spiro atoms. The Morgan fingerprint density at radius 2 is 1.90 bits per heavy atom. The van der Waals surface area contributed by atoms with Gasteiger partial charge in [-0.1, -0.05) is 18.2 Å². The van der Waals surface area contributed by atoms with Crippen molar-refractivity contribution < 1.29 is 9.72 Å². The Bertz CT molecular complexity index is 1270. The molecule has 0 atom stereocenters. The summed E-state index contributed by atoms with van der Waals surface area (Å²) in [5, 5.41) is 23.6. The van der Waals surface area contributed by atoms with E-state index in [0.717, 1.165) is 65.5 Å². The zero-order valence-electron chi connectivity index (χ0n) is 16.6. The first-order chi connectivity index (χ1) is 15.0. The smallest absolute Gasteiger partial charge is 0.285 e. The second-order valence-corrected chi connectivity index (χ2v) is 7.30. The van der Waals surface area contributed by atoms with Crippen molar-refractivity contribution >= 4 is 17.4 Å². The van der Waals surface area contributed by atoms with Crippen molar-refractivity contribution in [3.05, 3.63) is 86.0 Å². The second-order valence-electron chi connectivity index (χ2n) is 7.30. The van der Waals surface area contributed by atoms with Crippen molar-refractivity contribution in [1.82, 2.24) is 9.13 Å². The molecule has 9 nitrogen and oxygen atoms in total. The van der Waals surface area contributed by atoms with Crippen LogP contribution < -0.4 is 10.9 Å². The number of amides is 1. The summed E-state index contributed by atoms with van der Waals surface area (Å²) in [4.78, 5) is 35.2. The topological polar surface area (TPSA) is 123 Å². The van der Waals surface area contributed by atoms with Crippen molar-refractivity contribution in [3.63, 3.8) is 0 Å². The molecule has 0 fully saturated rings. The maximum atomic E-state index is 12.8. The van der Waals surface area contributed by atoms with Gasteiger partial charge in [0.25, 0.3) is 11.2 Å². The average Bonchev–Trinajstić information content (AvgIpc) is 3.08. The molecule has 1 amide bonds. The van der Waals surface area contributed by atoms with Gasteiger partial charge in [0.05, 0.1) is 16.7 Å². The van der Waals surface area contributed by atoms with E-state index in [1.807, 2.05) is 34.9 Å². The molecule has 156 valence electrons. The summed E-state index contributed by atoms with van der Waals surface area (Å²) in [6.07, 6.45) is 4.54. The van der Waals surface area contributed by atoms with Crippen LogP contribution in [0.25, 0.3) is 5.69 Å². The van der Waals surface area contributed by atoms with Gasteiger partial charge in [0.15, 0.2) is 0 Å². The average molecular weight is 417 g/mol. The SMILES string of the molecule is N#Cc1c2c(n(-c3ccccc3)c1NC(=O)Cn1cc([N+](=O)[O-])ccc1=O)CCCC2. The summed E-state index contributed by atoms with van der Waals surface area (Å²) in [7, 11) is 0. The molecule has 2 heterocycles. The van der Waals surface area contributed by atoms with Crippen molar-refractivity contribution in [3.8, 4) is 11.8 Å². The predicted octanol–water partition coefficient (Wildman–Crippen LogP) is 2.94. The maximum absolute atomic E-state index is 12.8. The van der Waals surface area contributed by atoms with Crippen molar-refractivity contribution in [2.75, 3.05) is 5.32 Å². The van der Waals surface area contributed by atoms with Crippen molar-refractivity contribution in [2.45, 2.75) is 32.2 Å². The summed E-state index contributed by atoms with van der Waals surface area (Å²) in [6, 6.07) is 13.8. The molecule has 1 aromatic carbocycles. The molecule has 1 aliphatic rings. The number of hydrogen-bond donors (Lipinski definition) is 1. The number of hydrogen-bond acceptors (Lipinski definition) is 5. The molecule has 9 heteroatoms. The highest BCUT2D eigenvalue weighted by atomic mass is 16.6. The van der Waals surface area contributed by atoms with E-state index in [1.165, 1.54) is 0 Å². The summed E-state index contributed by atoms with van der Waals surface area (Å²) in [6.45, 7) is -0.407. The summed E-state index contributed by atoms with van der Waals surface area (Å²) in [5.74, 6) is -0.185. The van der Waals surface area contributed by atoms with Crippen LogP contribution in [-0.2, 0) is 24.2 Å². The molecule has 3 aromatic rings. The Balaban J connectivity index is 1.73. The van der Waals surface area contributed by atoms with Crippen LogP contribution in [0.3, 0.4) is 0 Å². The Labute approximate surface area is 177 Å². The Morgan fingerprint density at radius 1 is 1.16 bits per heavy atom. The number of carbonyl (C=O) groups is 1. The van der Waals surface area contributed by atoms with Gasteiger partial charge in [-0.3, -0.25) is 28.8 Å². The minimum absolute atomic E-state index is 0.284. The number of fused-ring (bicyclic) bond motifs is 1. The van der Waals surface area contributed by atoms with E-state index >= 15 is 0 Å². The lowest BCUT2D eigenvalue weighted by atomic mass is 9.95. The lowest BCUT2D eigenvalue weighted by Crippen LogP contribution is -2.27. The van der Waals surface area contributed by atoms with Gasteiger partial charge in [0.2, 0.25) is 5.91 Å². The highest BCUT2D eigenvalue weighted by molar-refractivity contribution is 5.92. The summed E-state index contributed by atoms with van der Waals surface area (Å²) >= 11 is 0. The third-order valence-electron chi connectivity index (χ3n) is 5.35. The number of nitrogens with zero attached hydrogens (tertiary/aromatic N) is 4. The van der Waals surface area contributed by atoms with Crippen LogP contribution in [0.1, 0.15) is 29.7 Å². The van der Waals surface area contributed by atoms with Gasteiger partial charge in [-0.05, 0) is 43.4 Å². The van der Waals surface area contributed by atoms with E-state index in [1.54, 1.807) is 0 Å². The van der Waals surface area contributed by atoms with E-state index in [9.17, 15) is 25.0 Å². The molecule has 0 saturated carbocycles. The predicted molar refractivity (Wildman–Crippen MR) is 113 cm³/mol. The normalized spacial score (nSPS) is 12.6. The molecule has 1 aliphatic carbocycles. The number of carbonyl (C=O) groups excluding carboxylic acids is 1. The molecule has 0 radical (unpaired) electrons. The van der Waals surface area contributed by atoms with Crippen molar-refractivity contribution in [2.24, 2.45) is 0 Å². The lowest BCUT2D eigenvalue weighted by Gasteiger charge is -2.17. The molecule has 1 N–H and O–H groups in total. The molecule has 0 unspecified atom stereocenters. The zero-order chi connectivity index (χ0) is 22.0. The van der Waals surface area contributed by atoms with E-state index in [2.05, 4.69) is 11.4 Å². The number of para-hydroxylation sites is 1. The van der Waals surface area contributed by atoms with Crippen LogP contribution in [0.4, 0.5) is 11.5 Å². The number of benzene rings is 1. The van der Waals surface area contributed by atoms with E-state index < -0.39 is 22.9 Å². The maximum Gasteiger partial charge on any atom is 0.285 e. The highest BCUT2D eigenvalue weighted by Crippen LogP contribution is 2.35. The minimum Gasteiger partial charge on any atom is -0.309 e. The summed E-state index contributed by atoms with van der Waals surface area (Å²) < 4.78 is 2.87. The van der Waals surface area contributed by atoms with Gasteiger partial charge >= 0.3 is 0 Å². The second kappa shape index (κ2) is 8.28. The first kappa shape index (κ1) is 20.1. The van der Waals surface area contributed by atoms with Gasteiger partial charge in [-0.2, -0.15) is 5.26 Å². The first-order valence-electron chi connectivity index (χ1n) is 9.86. The molecule has 0 bridgehead atoms. The van der Waals surface area contributed by atoms with Crippen LogP contribution in [0, 0.1) is 21.4 Å². The highest BCUT2D eigenvalue weighted by Gasteiger charge is 2.26. The molecular weight excluding hydrogens is 398 g/mol. The van der Waals surface area contributed by atoms with Gasteiger partial charge in [0.1, 0.15) is 18.4 Å².